The Kier molecular flexibility index (Phi) is 5.07. The number of amides is 1. The monoisotopic (exact) mass is 351 g/mol. The summed E-state index contributed by atoms with van der Waals surface area (Å²) in [6.45, 7) is 0. The highest BCUT2D eigenvalue weighted by Gasteiger charge is 2.08. The molecule has 0 aliphatic carbocycles. The van der Waals surface area contributed by atoms with Crippen molar-refractivity contribution in [2.24, 2.45) is 0 Å². The number of nitrogens with zero attached hydrogens (tertiary/aromatic N) is 3. The average Bonchev–Trinajstić information content (AvgIpc) is 2.64. The van der Waals surface area contributed by atoms with Gasteiger partial charge in [0.15, 0.2) is 0 Å². The zero-order valence-corrected chi connectivity index (χ0v) is 14.4. The number of benzene rings is 2. The molecule has 0 saturated carbocycles. The van der Waals surface area contributed by atoms with Crippen molar-refractivity contribution >= 4 is 28.9 Å². The van der Waals surface area contributed by atoms with Crippen molar-refractivity contribution in [3.8, 4) is 0 Å². The number of anilines is 4. The van der Waals surface area contributed by atoms with Crippen molar-refractivity contribution in [3.63, 3.8) is 0 Å². The van der Waals surface area contributed by atoms with Crippen LogP contribution in [0, 0.1) is 5.82 Å². The molecule has 1 amide bonds. The zero-order valence-electron chi connectivity index (χ0n) is 14.4. The molecule has 1 aromatic heterocycles. The lowest BCUT2D eigenvalue weighted by Gasteiger charge is -2.13. The Balaban J connectivity index is 1.63. The van der Waals surface area contributed by atoms with Crippen LogP contribution in [0.2, 0.25) is 0 Å². The first-order valence-electron chi connectivity index (χ1n) is 7.94. The maximum absolute atomic E-state index is 12.9. The van der Waals surface area contributed by atoms with Gasteiger partial charge in [-0.25, -0.2) is 14.4 Å². The van der Waals surface area contributed by atoms with E-state index in [1.807, 2.05) is 43.3 Å². The lowest BCUT2D eigenvalue weighted by molar-refractivity contribution is 0.102. The van der Waals surface area contributed by atoms with Gasteiger partial charge in [0.25, 0.3) is 5.91 Å². The van der Waals surface area contributed by atoms with Gasteiger partial charge in [-0.05, 0) is 48.5 Å². The Morgan fingerprint density at radius 3 is 2.08 bits per heavy atom. The van der Waals surface area contributed by atoms with E-state index >= 15 is 0 Å². The van der Waals surface area contributed by atoms with Crippen molar-refractivity contribution in [2.75, 3.05) is 29.6 Å². The minimum Gasteiger partial charge on any atom is -0.378 e. The van der Waals surface area contributed by atoms with E-state index in [1.54, 1.807) is 12.1 Å². The molecule has 0 fully saturated rings. The van der Waals surface area contributed by atoms with E-state index in [2.05, 4.69) is 20.6 Å². The molecule has 0 radical (unpaired) electrons. The van der Waals surface area contributed by atoms with Crippen LogP contribution < -0.4 is 15.5 Å². The van der Waals surface area contributed by atoms with E-state index in [0.717, 1.165) is 5.69 Å². The number of rotatable bonds is 5. The molecule has 132 valence electrons. The Hall–Kier alpha value is -3.48. The number of carbonyl (C=O) groups is 1. The molecule has 1 heterocycles. The summed E-state index contributed by atoms with van der Waals surface area (Å²) in [5.74, 6) is -0.290. The van der Waals surface area contributed by atoms with Crippen LogP contribution in [0.1, 0.15) is 10.4 Å². The van der Waals surface area contributed by atoms with Crippen molar-refractivity contribution < 1.29 is 9.18 Å². The molecule has 0 aliphatic rings. The molecule has 6 nitrogen and oxygen atoms in total. The molecule has 0 bridgehead atoms. The largest absolute Gasteiger partial charge is 0.378 e. The van der Waals surface area contributed by atoms with Gasteiger partial charge in [0.2, 0.25) is 5.95 Å². The summed E-state index contributed by atoms with van der Waals surface area (Å²) in [6, 6.07) is 13.3. The molecule has 0 atom stereocenters. The maximum atomic E-state index is 12.9. The van der Waals surface area contributed by atoms with Crippen LogP contribution in [0.15, 0.2) is 60.9 Å². The summed E-state index contributed by atoms with van der Waals surface area (Å²) in [7, 11) is 3.90. The molecule has 3 rings (SSSR count). The Morgan fingerprint density at radius 2 is 1.50 bits per heavy atom. The zero-order chi connectivity index (χ0) is 18.5. The van der Waals surface area contributed by atoms with Crippen LogP contribution in [0.4, 0.5) is 27.4 Å². The van der Waals surface area contributed by atoms with Crippen molar-refractivity contribution in [2.45, 2.75) is 0 Å². The van der Waals surface area contributed by atoms with Gasteiger partial charge in [0.05, 0.1) is 5.56 Å². The van der Waals surface area contributed by atoms with Crippen LogP contribution in [-0.4, -0.2) is 30.0 Å². The maximum Gasteiger partial charge on any atom is 0.258 e. The van der Waals surface area contributed by atoms with Crippen LogP contribution in [0.5, 0.6) is 0 Å². The number of hydrogen-bond donors (Lipinski definition) is 2. The van der Waals surface area contributed by atoms with E-state index < -0.39 is 0 Å². The van der Waals surface area contributed by atoms with Gasteiger partial charge < -0.3 is 15.5 Å². The third kappa shape index (κ3) is 4.32. The molecular formula is C19H18FN5O. The van der Waals surface area contributed by atoms with Crippen LogP contribution in [-0.2, 0) is 0 Å². The fourth-order valence-electron chi connectivity index (χ4n) is 2.22. The van der Waals surface area contributed by atoms with Gasteiger partial charge in [-0.1, -0.05) is 0 Å². The molecule has 2 N–H and O–H groups in total. The summed E-state index contributed by atoms with van der Waals surface area (Å²) < 4.78 is 12.9. The molecule has 0 spiro atoms. The fourth-order valence-corrected chi connectivity index (χ4v) is 2.22. The minimum atomic E-state index is -0.317. The number of nitrogens with one attached hydrogen (secondary N) is 2. The quantitative estimate of drug-likeness (QED) is 0.734. The predicted octanol–water partition coefficient (Wildman–Crippen LogP) is 3.68. The smallest absolute Gasteiger partial charge is 0.258 e. The first kappa shape index (κ1) is 17.3. The van der Waals surface area contributed by atoms with Crippen LogP contribution in [0.25, 0.3) is 0 Å². The van der Waals surface area contributed by atoms with Gasteiger partial charge in [-0.3, -0.25) is 4.79 Å². The topological polar surface area (TPSA) is 70.2 Å². The highest BCUT2D eigenvalue weighted by atomic mass is 19.1. The van der Waals surface area contributed by atoms with E-state index in [9.17, 15) is 9.18 Å². The molecule has 26 heavy (non-hydrogen) atoms. The van der Waals surface area contributed by atoms with E-state index in [0.29, 0.717) is 22.9 Å². The van der Waals surface area contributed by atoms with Crippen molar-refractivity contribution in [3.05, 3.63) is 72.3 Å². The number of aromatic nitrogens is 2. The number of hydrogen-bond acceptors (Lipinski definition) is 5. The third-order valence-corrected chi connectivity index (χ3v) is 3.66. The molecular weight excluding hydrogens is 333 g/mol. The number of carbonyl (C=O) groups excluding carboxylic acids is 1. The standard InChI is InChI=1S/C19H18FN5O/c1-25(2)17-9-7-15(8-10-17)23-18(26)13-11-21-19(22-12-13)24-16-5-3-14(20)4-6-16/h3-12H,1-2H3,(H,23,26)(H,21,22,24). The fraction of sp³-hybridized carbons (Fsp3) is 0.105. The summed E-state index contributed by atoms with van der Waals surface area (Å²) in [6.07, 6.45) is 2.87. The number of halogens is 1. The van der Waals surface area contributed by atoms with Crippen molar-refractivity contribution in [1.29, 1.82) is 0 Å². The summed E-state index contributed by atoms with van der Waals surface area (Å²) >= 11 is 0. The van der Waals surface area contributed by atoms with Crippen LogP contribution >= 0.6 is 0 Å². The Morgan fingerprint density at radius 1 is 0.923 bits per heavy atom. The van der Waals surface area contributed by atoms with Crippen LogP contribution in [0.3, 0.4) is 0 Å². The van der Waals surface area contributed by atoms with Gasteiger partial charge in [-0.2, -0.15) is 0 Å². The van der Waals surface area contributed by atoms with E-state index in [-0.39, 0.29) is 11.7 Å². The van der Waals surface area contributed by atoms with Gasteiger partial charge in [-0.15, -0.1) is 0 Å². The SMILES string of the molecule is CN(C)c1ccc(NC(=O)c2cnc(Nc3ccc(F)cc3)nc2)cc1. The first-order chi connectivity index (χ1) is 12.5. The Bertz CT molecular complexity index is 877. The molecule has 2 aromatic carbocycles. The van der Waals surface area contributed by atoms with E-state index in [1.165, 1.54) is 24.5 Å². The molecule has 0 unspecified atom stereocenters. The minimum absolute atomic E-state index is 0.295. The lowest BCUT2D eigenvalue weighted by atomic mass is 10.2. The second kappa shape index (κ2) is 7.60. The van der Waals surface area contributed by atoms with Crippen molar-refractivity contribution in [1.82, 2.24) is 9.97 Å². The summed E-state index contributed by atoms with van der Waals surface area (Å²) in [5, 5.41) is 5.74. The average molecular weight is 351 g/mol. The second-order valence-electron chi connectivity index (χ2n) is 5.82. The second-order valence-corrected chi connectivity index (χ2v) is 5.82. The van der Waals surface area contributed by atoms with Gasteiger partial charge >= 0.3 is 0 Å². The molecule has 0 saturated heterocycles. The Labute approximate surface area is 150 Å². The summed E-state index contributed by atoms with van der Waals surface area (Å²) in [4.78, 5) is 22.5. The van der Waals surface area contributed by atoms with Gasteiger partial charge in [0, 0.05) is 43.6 Å². The predicted molar refractivity (Wildman–Crippen MR) is 100 cm³/mol. The lowest BCUT2D eigenvalue weighted by Crippen LogP contribution is -2.13. The summed E-state index contributed by atoms with van der Waals surface area (Å²) in [5.41, 5.74) is 2.73. The molecule has 3 aromatic rings. The van der Waals surface area contributed by atoms with E-state index in [4.69, 9.17) is 0 Å². The van der Waals surface area contributed by atoms with Gasteiger partial charge in [0.1, 0.15) is 5.82 Å². The molecule has 0 aliphatic heterocycles. The highest BCUT2D eigenvalue weighted by Crippen LogP contribution is 2.17. The third-order valence-electron chi connectivity index (χ3n) is 3.66. The normalized spacial score (nSPS) is 10.3. The highest BCUT2D eigenvalue weighted by molar-refractivity contribution is 6.04. The molecule has 7 heteroatoms. The first-order valence-corrected chi connectivity index (χ1v) is 7.94.